The van der Waals surface area contributed by atoms with Gasteiger partial charge in [-0.15, -0.1) is 0 Å². The Morgan fingerprint density at radius 2 is 1.75 bits per heavy atom. The lowest BCUT2D eigenvalue weighted by molar-refractivity contribution is 0.0593. The molecule has 0 radical (unpaired) electrons. The fraction of sp³-hybridized carbons (Fsp3) is 0.409. The number of carbonyl (C=O) groups is 3. The predicted octanol–water partition coefficient (Wildman–Crippen LogP) is 3.79. The van der Waals surface area contributed by atoms with Crippen LogP contribution in [-0.4, -0.2) is 47.7 Å². The number of H-pyrrole nitrogens is 1. The first-order chi connectivity index (χ1) is 13.3. The monoisotopic (exact) mass is 384 g/mol. The molecule has 0 spiro atoms. The Bertz CT molecular complexity index is 853. The van der Waals surface area contributed by atoms with Gasteiger partial charge in [0.25, 0.3) is 5.91 Å². The average molecular weight is 384 g/mol. The highest BCUT2D eigenvalue weighted by atomic mass is 16.5. The molecule has 1 aromatic carbocycles. The number of aromatic nitrogens is 1. The van der Waals surface area contributed by atoms with Crippen molar-refractivity contribution >= 4 is 17.7 Å². The summed E-state index contributed by atoms with van der Waals surface area (Å²) in [5.74, 6) is -0.484. The number of amides is 1. The lowest BCUT2D eigenvalue weighted by Gasteiger charge is -2.23. The van der Waals surface area contributed by atoms with E-state index in [4.69, 9.17) is 4.74 Å². The van der Waals surface area contributed by atoms with Crippen LogP contribution in [0.5, 0.6) is 0 Å². The number of nitrogens with zero attached hydrogens (tertiary/aromatic N) is 1. The molecule has 0 aliphatic carbocycles. The maximum absolute atomic E-state index is 13.0. The van der Waals surface area contributed by atoms with E-state index in [0.29, 0.717) is 34.8 Å². The Kier molecular flexibility index (Phi) is 7.15. The number of nitrogens with one attached hydrogen (secondary N) is 1. The average Bonchev–Trinajstić information content (AvgIpc) is 2.98. The van der Waals surface area contributed by atoms with Crippen molar-refractivity contribution in [3.63, 3.8) is 0 Å². The predicted molar refractivity (Wildman–Crippen MR) is 108 cm³/mol. The van der Waals surface area contributed by atoms with Gasteiger partial charge in [0, 0.05) is 23.4 Å². The molecule has 0 fully saturated rings. The van der Waals surface area contributed by atoms with Crippen LogP contribution in [0.4, 0.5) is 0 Å². The van der Waals surface area contributed by atoms with Gasteiger partial charge in [0.05, 0.1) is 13.7 Å². The molecule has 0 bridgehead atoms. The Hall–Kier alpha value is -2.89. The summed E-state index contributed by atoms with van der Waals surface area (Å²) in [7, 11) is 1.30. The summed E-state index contributed by atoms with van der Waals surface area (Å²) in [5, 5.41) is 0. The van der Waals surface area contributed by atoms with E-state index in [2.05, 4.69) is 18.8 Å². The number of ether oxygens (including phenoxy) is 1. The molecule has 0 atom stereocenters. The van der Waals surface area contributed by atoms with Gasteiger partial charge in [-0.25, -0.2) is 4.79 Å². The molecule has 2 aromatic rings. The molecule has 0 saturated heterocycles. The maximum atomic E-state index is 13.0. The van der Waals surface area contributed by atoms with Crippen molar-refractivity contribution in [2.75, 3.05) is 20.2 Å². The van der Waals surface area contributed by atoms with Gasteiger partial charge in [-0.2, -0.15) is 0 Å². The first-order valence-corrected chi connectivity index (χ1v) is 9.41. The first kappa shape index (κ1) is 21.4. The number of hydrogen-bond acceptors (Lipinski definition) is 4. The van der Waals surface area contributed by atoms with Crippen molar-refractivity contribution < 1.29 is 19.1 Å². The maximum Gasteiger partial charge on any atom is 0.354 e. The molecular weight excluding hydrogens is 356 g/mol. The van der Waals surface area contributed by atoms with Gasteiger partial charge in [-0.3, -0.25) is 9.59 Å². The normalized spacial score (nSPS) is 10.8. The number of Topliss-reactive ketones (excluding diaryl/α,β-unsaturated/α-hetero) is 1. The quantitative estimate of drug-likeness (QED) is 0.555. The molecular formula is C22H28N2O4. The molecule has 6 nitrogen and oxygen atoms in total. The standard InChI is InChI=1S/C22H28N2O4/c1-14(2)11-12-24(21(26)17-9-7-6-8-10-17)13-18(25)19-15(3)20(22(27)28-5)23-16(19)4/h6-10,14,23H,11-13H2,1-5H3. The van der Waals surface area contributed by atoms with Crippen LogP contribution < -0.4 is 0 Å². The molecule has 1 heterocycles. The summed E-state index contributed by atoms with van der Waals surface area (Å²) >= 11 is 0. The van der Waals surface area contributed by atoms with Crippen LogP contribution in [-0.2, 0) is 4.74 Å². The molecule has 2 rings (SSSR count). The van der Waals surface area contributed by atoms with Crippen molar-refractivity contribution in [2.24, 2.45) is 5.92 Å². The van der Waals surface area contributed by atoms with Crippen LogP contribution in [0, 0.1) is 19.8 Å². The number of methoxy groups -OCH3 is 1. The largest absolute Gasteiger partial charge is 0.464 e. The van der Waals surface area contributed by atoms with E-state index >= 15 is 0 Å². The van der Waals surface area contributed by atoms with Crippen LogP contribution in [0.25, 0.3) is 0 Å². The number of rotatable bonds is 8. The van der Waals surface area contributed by atoms with E-state index in [0.717, 1.165) is 6.42 Å². The fourth-order valence-corrected chi connectivity index (χ4v) is 3.16. The summed E-state index contributed by atoms with van der Waals surface area (Å²) in [6.45, 7) is 8.06. The van der Waals surface area contributed by atoms with Gasteiger partial charge < -0.3 is 14.6 Å². The molecule has 28 heavy (non-hydrogen) atoms. The van der Waals surface area contributed by atoms with Crippen LogP contribution in [0.2, 0.25) is 0 Å². The van der Waals surface area contributed by atoms with Gasteiger partial charge in [0.15, 0.2) is 5.78 Å². The highest BCUT2D eigenvalue weighted by Gasteiger charge is 2.25. The first-order valence-electron chi connectivity index (χ1n) is 9.41. The van der Waals surface area contributed by atoms with Crippen LogP contribution in [0.3, 0.4) is 0 Å². The van der Waals surface area contributed by atoms with Gasteiger partial charge in [0.2, 0.25) is 0 Å². The number of aryl methyl sites for hydroxylation is 1. The van der Waals surface area contributed by atoms with E-state index in [1.807, 2.05) is 6.07 Å². The van der Waals surface area contributed by atoms with Crippen molar-refractivity contribution in [2.45, 2.75) is 34.1 Å². The molecule has 6 heteroatoms. The topological polar surface area (TPSA) is 79.5 Å². The van der Waals surface area contributed by atoms with E-state index in [9.17, 15) is 14.4 Å². The van der Waals surface area contributed by atoms with Gasteiger partial charge in [-0.1, -0.05) is 32.0 Å². The number of esters is 1. The van der Waals surface area contributed by atoms with Crippen molar-refractivity contribution in [1.29, 1.82) is 0 Å². The van der Waals surface area contributed by atoms with Crippen molar-refractivity contribution in [1.82, 2.24) is 9.88 Å². The molecule has 0 aliphatic heterocycles. The van der Waals surface area contributed by atoms with Crippen LogP contribution >= 0.6 is 0 Å². The summed E-state index contributed by atoms with van der Waals surface area (Å²) in [6, 6.07) is 8.95. The number of ketones is 1. The molecule has 0 aliphatic rings. The van der Waals surface area contributed by atoms with E-state index in [1.54, 1.807) is 43.0 Å². The molecule has 1 N–H and O–H groups in total. The minimum atomic E-state index is -0.517. The number of benzene rings is 1. The molecule has 0 unspecified atom stereocenters. The van der Waals surface area contributed by atoms with E-state index in [-0.39, 0.29) is 23.9 Å². The SMILES string of the molecule is COC(=O)c1[nH]c(C)c(C(=O)CN(CCC(C)C)C(=O)c2ccccc2)c1C. The fourth-order valence-electron chi connectivity index (χ4n) is 3.16. The van der Waals surface area contributed by atoms with Crippen molar-refractivity contribution in [3.05, 3.63) is 58.4 Å². The minimum Gasteiger partial charge on any atom is -0.464 e. The summed E-state index contributed by atoms with van der Waals surface area (Å²) in [4.78, 5) is 42.4. The van der Waals surface area contributed by atoms with Crippen molar-refractivity contribution in [3.8, 4) is 0 Å². The molecule has 1 amide bonds. The third-order valence-electron chi connectivity index (χ3n) is 4.72. The second-order valence-corrected chi connectivity index (χ2v) is 7.32. The lowest BCUT2D eigenvalue weighted by Crippen LogP contribution is -2.37. The zero-order valence-electron chi connectivity index (χ0n) is 17.2. The van der Waals surface area contributed by atoms with Gasteiger partial charge in [-0.05, 0) is 43.9 Å². The number of hydrogen-bond donors (Lipinski definition) is 1. The minimum absolute atomic E-state index is 0.0411. The summed E-state index contributed by atoms with van der Waals surface area (Å²) in [6.07, 6.45) is 0.796. The summed E-state index contributed by atoms with van der Waals surface area (Å²) < 4.78 is 4.76. The zero-order valence-corrected chi connectivity index (χ0v) is 17.2. The third-order valence-corrected chi connectivity index (χ3v) is 4.72. The second kappa shape index (κ2) is 9.35. The number of carbonyl (C=O) groups excluding carboxylic acids is 3. The molecule has 1 aromatic heterocycles. The molecule has 0 saturated carbocycles. The highest BCUT2D eigenvalue weighted by molar-refractivity contribution is 6.05. The second-order valence-electron chi connectivity index (χ2n) is 7.32. The zero-order chi connectivity index (χ0) is 20.8. The Labute approximate surface area is 165 Å². The summed E-state index contributed by atoms with van der Waals surface area (Å²) in [5.41, 5.74) is 2.41. The smallest absolute Gasteiger partial charge is 0.354 e. The van der Waals surface area contributed by atoms with E-state index in [1.165, 1.54) is 7.11 Å². The Balaban J connectivity index is 2.29. The van der Waals surface area contributed by atoms with Gasteiger partial charge >= 0.3 is 5.97 Å². The van der Waals surface area contributed by atoms with E-state index < -0.39 is 5.97 Å². The molecule has 150 valence electrons. The van der Waals surface area contributed by atoms with Crippen LogP contribution in [0.1, 0.15) is 62.7 Å². The van der Waals surface area contributed by atoms with Crippen LogP contribution in [0.15, 0.2) is 30.3 Å². The highest BCUT2D eigenvalue weighted by Crippen LogP contribution is 2.20. The third kappa shape index (κ3) is 4.88. The lowest BCUT2D eigenvalue weighted by atomic mass is 10.0. The Morgan fingerprint density at radius 1 is 1.11 bits per heavy atom. The number of aromatic amines is 1. The van der Waals surface area contributed by atoms with Gasteiger partial charge in [0.1, 0.15) is 5.69 Å². The Morgan fingerprint density at radius 3 is 2.32 bits per heavy atom.